The first-order valence-corrected chi connectivity index (χ1v) is 11.5. The highest BCUT2D eigenvalue weighted by atomic mass is 19.1. The van der Waals surface area contributed by atoms with Gasteiger partial charge in [0.1, 0.15) is 11.5 Å². The number of nitrogens with zero attached hydrogens (tertiary/aromatic N) is 5. The third-order valence-corrected chi connectivity index (χ3v) is 5.73. The van der Waals surface area contributed by atoms with Crippen molar-refractivity contribution in [3.63, 3.8) is 0 Å². The first-order chi connectivity index (χ1) is 17.0. The van der Waals surface area contributed by atoms with Gasteiger partial charge < -0.3 is 10.2 Å². The molecule has 178 valence electrons. The zero-order chi connectivity index (χ0) is 24.8. The fraction of sp³-hybridized carbons (Fsp3) is 0.259. The van der Waals surface area contributed by atoms with Gasteiger partial charge in [0.05, 0.1) is 29.1 Å². The van der Waals surface area contributed by atoms with Crippen LogP contribution in [0.4, 0.5) is 10.2 Å². The van der Waals surface area contributed by atoms with Crippen LogP contribution < -0.4 is 10.9 Å². The van der Waals surface area contributed by atoms with Gasteiger partial charge in [-0.3, -0.25) is 4.79 Å². The molecule has 0 bridgehead atoms. The molecule has 7 nitrogen and oxygen atoms in total. The number of pyridine rings is 1. The Bertz CT molecular complexity index is 1420. The maximum Gasteiger partial charge on any atom is 0.274 e. The molecule has 0 aliphatic heterocycles. The maximum atomic E-state index is 15.2. The lowest BCUT2D eigenvalue weighted by molar-refractivity contribution is 0.396. The highest BCUT2D eigenvalue weighted by Gasteiger charge is 2.17. The smallest absolute Gasteiger partial charge is 0.274 e. The summed E-state index contributed by atoms with van der Waals surface area (Å²) in [4.78, 5) is 19.3. The van der Waals surface area contributed by atoms with Crippen molar-refractivity contribution in [2.75, 3.05) is 32.5 Å². The highest BCUT2D eigenvalue weighted by molar-refractivity contribution is 5.93. The number of benzene rings is 2. The monoisotopic (exact) mass is 470 g/mol. The molecule has 0 spiro atoms. The van der Waals surface area contributed by atoms with E-state index in [1.165, 1.54) is 4.68 Å². The van der Waals surface area contributed by atoms with Crippen LogP contribution in [-0.4, -0.2) is 46.8 Å². The quantitative estimate of drug-likeness (QED) is 0.290. The van der Waals surface area contributed by atoms with E-state index in [-0.39, 0.29) is 17.7 Å². The molecule has 0 radical (unpaired) electrons. The number of halogens is 1. The van der Waals surface area contributed by atoms with Crippen LogP contribution in [0.2, 0.25) is 0 Å². The molecule has 8 heteroatoms. The lowest BCUT2D eigenvalue weighted by atomic mass is 10.1. The molecular formula is C27H27FN6O. The zero-order valence-corrected chi connectivity index (χ0v) is 19.8. The van der Waals surface area contributed by atoms with Crippen molar-refractivity contribution in [2.24, 2.45) is 0 Å². The summed E-state index contributed by atoms with van der Waals surface area (Å²) in [6.45, 7) is 1.90. The Kier molecular flexibility index (Phi) is 7.48. The summed E-state index contributed by atoms with van der Waals surface area (Å²) in [6, 6.07) is 19.5. The molecule has 4 aromatic rings. The third kappa shape index (κ3) is 5.70. The minimum absolute atomic E-state index is 0.198. The first kappa shape index (κ1) is 24.0. The second-order valence-electron chi connectivity index (χ2n) is 8.64. The predicted octanol–water partition coefficient (Wildman–Crippen LogP) is 4.27. The van der Waals surface area contributed by atoms with Gasteiger partial charge >= 0.3 is 0 Å². The fourth-order valence-corrected chi connectivity index (χ4v) is 3.88. The minimum atomic E-state index is -0.649. The number of anilines is 1. The maximum absolute atomic E-state index is 15.2. The topological polar surface area (TPSA) is 86.8 Å². The molecule has 2 aromatic heterocycles. The van der Waals surface area contributed by atoms with Crippen molar-refractivity contribution in [3.05, 3.63) is 88.1 Å². The molecule has 0 saturated carbocycles. The molecule has 0 saturated heterocycles. The molecule has 1 N–H and O–H groups in total. The van der Waals surface area contributed by atoms with Gasteiger partial charge in [-0.15, -0.1) is 0 Å². The summed E-state index contributed by atoms with van der Waals surface area (Å²) in [5, 5.41) is 17.7. The summed E-state index contributed by atoms with van der Waals surface area (Å²) in [5.74, 6) is -0.184. The molecule has 0 atom stereocenters. The van der Waals surface area contributed by atoms with Gasteiger partial charge in [-0.2, -0.15) is 14.8 Å². The lowest BCUT2D eigenvalue weighted by Crippen LogP contribution is -2.24. The molecular weight excluding hydrogens is 443 g/mol. The molecule has 0 unspecified atom stereocenters. The molecule has 0 aliphatic rings. The van der Waals surface area contributed by atoms with Crippen LogP contribution in [0.5, 0.6) is 0 Å². The Labute approximate surface area is 203 Å². The molecule has 2 heterocycles. The van der Waals surface area contributed by atoms with Crippen LogP contribution in [0, 0.1) is 17.3 Å². The van der Waals surface area contributed by atoms with E-state index in [0.29, 0.717) is 34.4 Å². The highest BCUT2D eigenvalue weighted by Crippen LogP contribution is 2.27. The van der Waals surface area contributed by atoms with Gasteiger partial charge in [0, 0.05) is 11.9 Å². The number of fused-ring (bicyclic) bond motifs is 1. The van der Waals surface area contributed by atoms with Crippen LogP contribution in [0.15, 0.2) is 65.5 Å². The Morgan fingerprint density at radius 2 is 1.77 bits per heavy atom. The van der Waals surface area contributed by atoms with Crippen LogP contribution >= 0.6 is 0 Å². The molecule has 4 rings (SSSR count). The van der Waals surface area contributed by atoms with Crippen molar-refractivity contribution in [1.82, 2.24) is 19.7 Å². The first-order valence-electron chi connectivity index (χ1n) is 11.5. The number of hydrogen-bond acceptors (Lipinski definition) is 6. The second-order valence-corrected chi connectivity index (χ2v) is 8.64. The molecule has 0 aliphatic carbocycles. The van der Waals surface area contributed by atoms with E-state index in [1.807, 2.05) is 14.1 Å². The van der Waals surface area contributed by atoms with E-state index in [4.69, 9.17) is 5.26 Å². The van der Waals surface area contributed by atoms with Crippen molar-refractivity contribution in [3.8, 4) is 17.3 Å². The number of nitriles is 1. The van der Waals surface area contributed by atoms with Crippen LogP contribution in [0.3, 0.4) is 0 Å². The number of rotatable bonds is 9. The van der Waals surface area contributed by atoms with Gasteiger partial charge in [-0.1, -0.05) is 30.3 Å². The lowest BCUT2D eigenvalue weighted by Gasteiger charge is -2.13. The zero-order valence-electron chi connectivity index (χ0n) is 19.8. The van der Waals surface area contributed by atoms with Gasteiger partial charge in [-0.25, -0.2) is 9.67 Å². The summed E-state index contributed by atoms with van der Waals surface area (Å²) in [6.07, 6.45) is 1.99. The van der Waals surface area contributed by atoms with E-state index in [1.54, 1.807) is 60.7 Å². The average molecular weight is 471 g/mol. The minimum Gasteiger partial charge on any atom is -0.370 e. The van der Waals surface area contributed by atoms with E-state index in [0.717, 1.165) is 24.9 Å². The average Bonchev–Trinajstić information content (AvgIpc) is 2.86. The summed E-state index contributed by atoms with van der Waals surface area (Å²) in [5.41, 5.74) is 1.67. The number of hydrogen-bond donors (Lipinski definition) is 1. The Hall–Kier alpha value is -4.09. The van der Waals surface area contributed by atoms with Crippen molar-refractivity contribution in [2.45, 2.75) is 19.4 Å². The fourth-order valence-electron chi connectivity index (χ4n) is 3.88. The van der Waals surface area contributed by atoms with Crippen LogP contribution in [0.1, 0.15) is 24.0 Å². The molecule has 0 fully saturated rings. The summed E-state index contributed by atoms with van der Waals surface area (Å²) >= 11 is 0. The standard InChI is InChI=1S/C27H27FN6O/c1-33(2)16-6-5-15-30-24-14-13-23(26(28)31-24)25-21-7-3-4-8-22(21)27(35)34(32-25)18-20-11-9-19(17-29)10-12-20/h3-4,7-14H,5-6,15-16,18H2,1-2H3,(H,30,31). The number of unbranched alkanes of at least 4 members (excludes halogenated alkanes) is 1. The molecule has 35 heavy (non-hydrogen) atoms. The molecule has 0 amide bonds. The second kappa shape index (κ2) is 10.9. The van der Waals surface area contributed by atoms with Gasteiger partial charge in [0.25, 0.3) is 5.56 Å². The van der Waals surface area contributed by atoms with Crippen LogP contribution in [-0.2, 0) is 6.54 Å². The van der Waals surface area contributed by atoms with Crippen molar-refractivity contribution < 1.29 is 4.39 Å². The summed E-state index contributed by atoms with van der Waals surface area (Å²) in [7, 11) is 4.07. The number of nitrogens with one attached hydrogen (secondary N) is 1. The Morgan fingerprint density at radius 3 is 2.46 bits per heavy atom. The largest absolute Gasteiger partial charge is 0.370 e. The number of aromatic nitrogens is 3. The van der Waals surface area contributed by atoms with Gasteiger partial charge in [0.2, 0.25) is 5.95 Å². The Morgan fingerprint density at radius 1 is 1.03 bits per heavy atom. The summed E-state index contributed by atoms with van der Waals surface area (Å²) < 4.78 is 16.5. The van der Waals surface area contributed by atoms with E-state index in [9.17, 15) is 4.79 Å². The van der Waals surface area contributed by atoms with Gasteiger partial charge in [0.15, 0.2) is 0 Å². The Balaban J connectivity index is 1.64. The molecule has 2 aromatic carbocycles. The SMILES string of the molecule is CN(C)CCCCNc1ccc(-c2nn(Cc3ccc(C#N)cc3)c(=O)c3ccccc23)c(F)n1. The van der Waals surface area contributed by atoms with E-state index >= 15 is 4.39 Å². The van der Waals surface area contributed by atoms with E-state index < -0.39 is 5.95 Å². The van der Waals surface area contributed by atoms with Crippen LogP contribution in [0.25, 0.3) is 22.0 Å². The third-order valence-electron chi connectivity index (χ3n) is 5.73. The van der Waals surface area contributed by atoms with E-state index in [2.05, 4.69) is 26.4 Å². The van der Waals surface area contributed by atoms with Gasteiger partial charge in [-0.05, 0) is 69.4 Å². The van der Waals surface area contributed by atoms with Crippen molar-refractivity contribution in [1.29, 1.82) is 5.26 Å². The normalized spacial score (nSPS) is 11.1. The van der Waals surface area contributed by atoms with Crippen molar-refractivity contribution >= 4 is 16.6 Å². The predicted molar refractivity (Wildman–Crippen MR) is 136 cm³/mol.